The molecule has 0 bridgehead atoms. The summed E-state index contributed by atoms with van der Waals surface area (Å²) in [5.74, 6) is -0.354. The van der Waals surface area contributed by atoms with E-state index in [9.17, 15) is 9.59 Å². The molecule has 2 amide bonds. The lowest BCUT2D eigenvalue weighted by Crippen LogP contribution is -2.49. The minimum Gasteiger partial charge on any atom is -0.462 e. The summed E-state index contributed by atoms with van der Waals surface area (Å²) in [7, 11) is 0. The molecule has 0 radical (unpaired) electrons. The van der Waals surface area contributed by atoms with Crippen molar-refractivity contribution in [2.45, 2.75) is 19.9 Å². The van der Waals surface area contributed by atoms with Gasteiger partial charge in [-0.2, -0.15) is 5.26 Å². The van der Waals surface area contributed by atoms with Crippen LogP contribution in [-0.2, 0) is 11.3 Å². The third-order valence-corrected chi connectivity index (χ3v) is 4.96. The zero-order chi connectivity index (χ0) is 21.3. The molecule has 2 aromatic rings. The number of urea groups is 1. The summed E-state index contributed by atoms with van der Waals surface area (Å²) in [4.78, 5) is 28.5. The summed E-state index contributed by atoms with van der Waals surface area (Å²) < 4.78 is 5.10. The van der Waals surface area contributed by atoms with Gasteiger partial charge in [-0.3, -0.25) is 4.90 Å². The number of carbonyl (C=O) groups is 2. The first kappa shape index (κ1) is 21.3. The Morgan fingerprint density at radius 1 is 1.03 bits per heavy atom. The van der Waals surface area contributed by atoms with E-state index < -0.39 is 0 Å². The number of anilines is 1. The number of benzene rings is 2. The molecule has 1 fully saturated rings. The van der Waals surface area contributed by atoms with Gasteiger partial charge in [0.05, 0.1) is 23.8 Å². The zero-order valence-corrected chi connectivity index (χ0v) is 17.1. The van der Waals surface area contributed by atoms with Gasteiger partial charge >= 0.3 is 12.0 Å². The van der Waals surface area contributed by atoms with Crippen LogP contribution in [0.5, 0.6) is 0 Å². The SMILES string of the molecule is CCCOC(=O)c1ccc(NC(=O)N2CCN(Cc3ccc(C#N)cc3)CC2)cc1. The van der Waals surface area contributed by atoms with Gasteiger partial charge in [-0.15, -0.1) is 0 Å². The first-order valence-electron chi connectivity index (χ1n) is 10.1. The van der Waals surface area contributed by atoms with Crippen LogP contribution in [0.1, 0.15) is 34.8 Å². The standard InChI is InChI=1S/C23H26N4O3/c1-2-15-30-22(28)20-7-9-21(10-8-20)25-23(29)27-13-11-26(12-14-27)17-19-5-3-18(16-24)4-6-19/h3-10H,2,11-15,17H2,1H3,(H,25,29). The Balaban J connectivity index is 1.45. The first-order valence-corrected chi connectivity index (χ1v) is 10.1. The maximum absolute atomic E-state index is 12.5. The Morgan fingerprint density at radius 3 is 2.30 bits per heavy atom. The van der Waals surface area contributed by atoms with E-state index in [2.05, 4.69) is 16.3 Å². The second-order valence-electron chi connectivity index (χ2n) is 7.22. The van der Waals surface area contributed by atoms with E-state index in [1.807, 2.05) is 31.2 Å². The number of carbonyl (C=O) groups excluding carboxylic acids is 2. The smallest absolute Gasteiger partial charge is 0.338 e. The largest absolute Gasteiger partial charge is 0.462 e. The number of esters is 1. The van der Waals surface area contributed by atoms with Gasteiger partial charge in [0.2, 0.25) is 0 Å². The van der Waals surface area contributed by atoms with Crippen LogP contribution in [0.4, 0.5) is 10.5 Å². The van der Waals surface area contributed by atoms with Crippen molar-refractivity contribution in [1.82, 2.24) is 9.80 Å². The lowest BCUT2D eigenvalue weighted by atomic mass is 10.1. The maximum atomic E-state index is 12.5. The maximum Gasteiger partial charge on any atom is 0.338 e. The molecule has 2 aromatic carbocycles. The topological polar surface area (TPSA) is 85.7 Å². The van der Waals surface area contributed by atoms with Gasteiger partial charge in [0.15, 0.2) is 0 Å². The van der Waals surface area contributed by atoms with Crippen LogP contribution < -0.4 is 5.32 Å². The average molecular weight is 406 g/mol. The van der Waals surface area contributed by atoms with Gasteiger partial charge in [0, 0.05) is 38.4 Å². The molecule has 0 unspecified atom stereocenters. The van der Waals surface area contributed by atoms with Gasteiger partial charge < -0.3 is 15.0 Å². The minimum atomic E-state index is -0.354. The molecule has 7 nitrogen and oxygen atoms in total. The van der Waals surface area contributed by atoms with E-state index in [0.717, 1.165) is 31.6 Å². The summed E-state index contributed by atoms with van der Waals surface area (Å²) in [6.45, 7) is 6.00. The van der Waals surface area contributed by atoms with Crippen LogP contribution in [0.25, 0.3) is 0 Å². The molecule has 0 spiro atoms. The van der Waals surface area contributed by atoms with E-state index in [1.54, 1.807) is 29.2 Å². The third kappa shape index (κ3) is 5.82. The first-order chi connectivity index (χ1) is 14.6. The van der Waals surface area contributed by atoms with Gasteiger partial charge in [0.1, 0.15) is 0 Å². The Bertz CT molecular complexity index is 896. The number of ether oxygens (including phenoxy) is 1. The number of nitrogens with one attached hydrogen (secondary N) is 1. The van der Waals surface area contributed by atoms with E-state index in [1.165, 1.54) is 0 Å². The van der Waals surface area contributed by atoms with Crippen molar-refractivity contribution in [3.05, 3.63) is 65.2 Å². The second kappa shape index (κ2) is 10.4. The van der Waals surface area contributed by atoms with Crippen molar-refractivity contribution in [3.8, 4) is 6.07 Å². The van der Waals surface area contributed by atoms with Crippen molar-refractivity contribution in [3.63, 3.8) is 0 Å². The number of hydrogen-bond acceptors (Lipinski definition) is 5. The highest BCUT2D eigenvalue weighted by Crippen LogP contribution is 2.14. The Kier molecular flexibility index (Phi) is 7.41. The molecular formula is C23H26N4O3. The fourth-order valence-electron chi connectivity index (χ4n) is 3.22. The van der Waals surface area contributed by atoms with Crippen LogP contribution in [0.3, 0.4) is 0 Å². The second-order valence-corrected chi connectivity index (χ2v) is 7.22. The van der Waals surface area contributed by atoms with Crippen LogP contribution >= 0.6 is 0 Å². The molecular weight excluding hydrogens is 380 g/mol. The van der Waals surface area contributed by atoms with Gasteiger partial charge in [-0.25, -0.2) is 9.59 Å². The Labute approximate surface area is 176 Å². The highest BCUT2D eigenvalue weighted by Gasteiger charge is 2.21. The molecule has 30 heavy (non-hydrogen) atoms. The zero-order valence-electron chi connectivity index (χ0n) is 17.1. The summed E-state index contributed by atoms with van der Waals surface area (Å²) in [6.07, 6.45) is 0.778. The molecule has 3 rings (SSSR count). The van der Waals surface area contributed by atoms with Crippen molar-refractivity contribution in [1.29, 1.82) is 5.26 Å². The lowest BCUT2D eigenvalue weighted by molar-refractivity contribution is 0.0505. The Morgan fingerprint density at radius 2 is 1.70 bits per heavy atom. The summed E-state index contributed by atoms with van der Waals surface area (Å²) >= 11 is 0. The number of rotatable bonds is 6. The van der Waals surface area contributed by atoms with Crippen LogP contribution in [0.2, 0.25) is 0 Å². The van der Waals surface area contributed by atoms with Crippen molar-refractivity contribution < 1.29 is 14.3 Å². The van der Waals surface area contributed by atoms with E-state index in [0.29, 0.717) is 36.5 Å². The number of nitrogens with zero attached hydrogens (tertiary/aromatic N) is 3. The van der Waals surface area contributed by atoms with E-state index in [-0.39, 0.29) is 12.0 Å². The highest BCUT2D eigenvalue weighted by atomic mass is 16.5. The monoisotopic (exact) mass is 406 g/mol. The number of hydrogen-bond donors (Lipinski definition) is 1. The quantitative estimate of drug-likeness (QED) is 0.743. The molecule has 1 heterocycles. The van der Waals surface area contributed by atoms with Crippen LogP contribution in [-0.4, -0.2) is 54.6 Å². The highest BCUT2D eigenvalue weighted by molar-refractivity contribution is 5.92. The van der Waals surface area contributed by atoms with E-state index >= 15 is 0 Å². The third-order valence-electron chi connectivity index (χ3n) is 4.96. The van der Waals surface area contributed by atoms with Gasteiger partial charge in [-0.1, -0.05) is 19.1 Å². The minimum absolute atomic E-state index is 0.144. The number of amides is 2. The normalized spacial score (nSPS) is 14.1. The molecule has 7 heteroatoms. The fourth-order valence-corrected chi connectivity index (χ4v) is 3.22. The average Bonchev–Trinajstić information content (AvgIpc) is 2.79. The molecule has 1 aliphatic heterocycles. The van der Waals surface area contributed by atoms with Crippen molar-refractivity contribution in [2.24, 2.45) is 0 Å². The Hall–Kier alpha value is -3.37. The number of piperazine rings is 1. The van der Waals surface area contributed by atoms with Gasteiger partial charge in [-0.05, 0) is 48.4 Å². The molecule has 0 aromatic heterocycles. The predicted octanol–water partition coefficient (Wildman–Crippen LogP) is 3.47. The lowest BCUT2D eigenvalue weighted by Gasteiger charge is -2.34. The molecule has 0 aliphatic carbocycles. The summed E-state index contributed by atoms with van der Waals surface area (Å²) in [5, 5.41) is 11.8. The van der Waals surface area contributed by atoms with Crippen molar-refractivity contribution in [2.75, 3.05) is 38.1 Å². The molecule has 156 valence electrons. The summed E-state index contributed by atoms with van der Waals surface area (Å²) in [6, 6.07) is 16.3. The molecule has 0 atom stereocenters. The summed E-state index contributed by atoms with van der Waals surface area (Å²) in [5.41, 5.74) is 2.93. The molecule has 1 N–H and O–H groups in total. The fraction of sp³-hybridized carbons (Fsp3) is 0.348. The van der Waals surface area contributed by atoms with E-state index in [4.69, 9.17) is 10.00 Å². The van der Waals surface area contributed by atoms with Gasteiger partial charge in [0.25, 0.3) is 0 Å². The van der Waals surface area contributed by atoms with Crippen LogP contribution in [0.15, 0.2) is 48.5 Å². The number of nitriles is 1. The van der Waals surface area contributed by atoms with Crippen LogP contribution in [0, 0.1) is 11.3 Å². The predicted molar refractivity (Wildman–Crippen MR) is 114 cm³/mol. The van der Waals surface area contributed by atoms with Crippen molar-refractivity contribution >= 4 is 17.7 Å². The molecule has 1 aliphatic rings. The molecule has 0 saturated carbocycles. The molecule has 1 saturated heterocycles.